The first-order chi connectivity index (χ1) is 7.65. The van der Waals surface area contributed by atoms with Crippen LogP contribution in [0.2, 0.25) is 0 Å². The molecule has 16 heavy (non-hydrogen) atoms. The summed E-state index contributed by atoms with van der Waals surface area (Å²) in [5.74, 6) is -0.250. The van der Waals surface area contributed by atoms with Crippen LogP contribution in [0.5, 0.6) is 0 Å². The zero-order valence-corrected chi connectivity index (χ0v) is 10.7. The topological polar surface area (TPSA) is 26.0 Å². The minimum absolute atomic E-state index is 0.250. The predicted octanol–water partition coefficient (Wildman–Crippen LogP) is 4.32. The number of anilines is 1. The van der Waals surface area contributed by atoms with Gasteiger partial charge in [-0.3, -0.25) is 0 Å². The predicted molar refractivity (Wildman–Crippen MR) is 69.1 cm³/mol. The molecule has 0 aliphatic heterocycles. The molecule has 2 rings (SSSR count). The second-order valence-corrected chi connectivity index (χ2v) is 5.25. The van der Waals surface area contributed by atoms with Crippen molar-refractivity contribution >= 4 is 33.4 Å². The van der Waals surface area contributed by atoms with Crippen molar-refractivity contribution in [1.82, 2.24) is 0 Å². The lowest BCUT2D eigenvalue weighted by Gasteiger charge is -2.03. The van der Waals surface area contributed by atoms with Crippen molar-refractivity contribution < 1.29 is 4.39 Å². The van der Waals surface area contributed by atoms with Crippen LogP contribution < -0.4 is 5.73 Å². The molecule has 0 unspecified atom stereocenters. The van der Waals surface area contributed by atoms with Crippen LogP contribution in [-0.4, -0.2) is 0 Å². The Morgan fingerprint density at radius 1 is 1.00 bits per heavy atom. The van der Waals surface area contributed by atoms with E-state index in [1.165, 1.54) is 17.8 Å². The van der Waals surface area contributed by atoms with Gasteiger partial charge in [-0.05, 0) is 58.4 Å². The molecule has 0 fully saturated rings. The largest absolute Gasteiger partial charge is 0.399 e. The fourth-order valence-electron chi connectivity index (χ4n) is 1.21. The molecular weight excluding hydrogens is 289 g/mol. The molecule has 0 aliphatic rings. The van der Waals surface area contributed by atoms with E-state index in [4.69, 9.17) is 5.73 Å². The Labute approximate surface area is 106 Å². The number of halogens is 2. The zero-order chi connectivity index (χ0) is 11.5. The summed E-state index contributed by atoms with van der Waals surface area (Å²) in [7, 11) is 0. The fourth-order valence-corrected chi connectivity index (χ4v) is 2.30. The lowest BCUT2D eigenvalue weighted by atomic mass is 10.3. The number of benzene rings is 2. The molecule has 0 atom stereocenters. The highest BCUT2D eigenvalue weighted by Crippen LogP contribution is 2.30. The molecule has 0 bridgehead atoms. The standard InChI is InChI=1S/C12H9BrFNS/c13-11-6-5-10(7-12(11)14)16-9-3-1-8(15)2-4-9/h1-7H,15H2. The van der Waals surface area contributed by atoms with Crippen molar-refractivity contribution in [3.05, 3.63) is 52.8 Å². The van der Waals surface area contributed by atoms with Gasteiger partial charge in [-0.2, -0.15) is 0 Å². The van der Waals surface area contributed by atoms with Crippen LogP contribution in [0.4, 0.5) is 10.1 Å². The smallest absolute Gasteiger partial charge is 0.138 e. The summed E-state index contributed by atoms with van der Waals surface area (Å²) in [5, 5.41) is 0. The molecule has 1 nitrogen and oxygen atoms in total. The first-order valence-corrected chi connectivity index (χ1v) is 6.24. The summed E-state index contributed by atoms with van der Waals surface area (Å²) in [6.45, 7) is 0. The van der Waals surface area contributed by atoms with Gasteiger partial charge in [0.05, 0.1) is 4.47 Å². The molecule has 2 N–H and O–H groups in total. The van der Waals surface area contributed by atoms with Gasteiger partial charge in [-0.15, -0.1) is 0 Å². The van der Waals surface area contributed by atoms with Gasteiger partial charge in [0.1, 0.15) is 5.82 Å². The van der Waals surface area contributed by atoms with E-state index >= 15 is 0 Å². The Morgan fingerprint density at radius 3 is 2.25 bits per heavy atom. The number of rotatable bonds is 2. The molecule has 0 spiro atoms. The van der Waals surface area contributed by atoms with Crippen LogP contribution in [0.3, 0.4) is 0 Å². The Bertz CT molecular complexity index is 499. The minimum atomic E-state index is -0.250. The van der Waals surface area contributed by atoms with Crippen LogP contribution in [0.25, 0.3) is 0 Å². The maximum absolute atomic E-state index is 13.3. The third kappa shape index (κ3) is 2.77. The lowest BCUT2D eigenvalue weighted by molar-refractivity contribution is 0.617. The molecule has 2 aromatic rings. The average molecular weight is 298 g/mol. The molecule has 0 aliphatic carbocycles. The summed E-state index contributed by atoms with van der Waals surface area (Å²) < 4.78 is 13.7. The number of nitrogens with two attached hydrogens (primary N) is 1. The van der Waals surface area contributed by atoms with Gasteiger partial charge < -0.3 is 5.73 Å². The van der Waals surface area contributed by atoms with Crippen molar-refractivity contribution in [3.8, 4) is 0 Å². The number of hydrogen-bond donors (Lipinski definition) is 1. The lowest BCUT2D eigenvalue weighted by Crippen LogP contribution is -1.83. The van der Waals surface area contributed by atoms with Gasteiger partial charge in [-0.1, -0.05) is 11.8 Å². The Balaban J connectivity index is 2.20. The quantitative estimate of drug-likeness (QED) is 0.836. The third-order valence-electron chi connectivity index (χ3n) is 2.01. The second-order valence-electron chi connectivity index (χ2n) is 3.25. The Kier molecular flexibility index (Phi) is 3.51. The fraction of sp³-hybridized carbons (Fsp3) is 0. The van der Waals surface area contributed by atoms with Crippen molar-refractivity contribution in [2.45, 2.75) is 9.79 Å². The highest BCUT2D eigenvalue weighted by molar-refractivity contribution is 9.10. The molecule has 0 saturated carbocycles. The van der Waals surface area contributed by atoms with Crippen LogP contribution in [0.1, 0.15) is 0 Å². The molecule has 0 amide bonds. The molecule has 0 saturated heterocycles. The number of nitrogen functional groups attached to an aromatic ring is 1. The first kappa shape index (κ1) is 11.5. The summed E-state index contributed by atoms with van der Waals surface area (Å²) >= 11 is 4.63. The Hall–Kier alpha value is -1.00. The van der Waals surface area contributed by atoms with E-state index in [-0.39, 0.29) is 5.82 Å². The summed E-state index contributed by atoms with van der Waals surface area (Å²) in [6, 6.07) is 12.6. The van der Waals surface area contributed by atoms with E-state index in [1.54, 1.807) is 6.07 Å². The first-order valence-electron chi connectivity index (χ1n) is 4.63. The van der Waals surface area contributed by atoms with Gasteiger partial charge in [-0.25, -0.2) is 4.39 Å². The van der Waals surface area contributed by atoms with Crippen molar-refractivity contribution in [1.29, 1.82) is 0 Å². The maximum Gasteiger partial charge on any atom is 0.138 e. The van der Waals surface area contributed by atoms with Crippen LogP contribution >= 0.6 is 27.7 Å². The van der Waals surface area contributed by atoms with Gasteiger partial charge in [0.2, 0.25) is 0 Å². The summed E-state index contributed by atoms with van der Waals surface area (Å²) in [4.78, 5) is 1.90. The molecule has 0 aromatic heterocycles. The Morgan fingerprint density at radius 2 is 1.62 bits per heavy atom. The molecule has 2 aromatic carbocycles. The molecule has 4 heteroatoms. The summed E-state index contributed by atoms with van der Waals surface area (Å²) in [6.07, 6.45) is 0. The minimum Gasteiger partial charge on any atom is -0.399 e. The number of hydrogen-bond acceptors (Lipinski definition) is 2. The van der Waals surface area contributed by atoms with Crippen molar-refractivity contribution in [2.75, 3.05) is 5.73 Å². The molecule has 0 radical (unpaired) electrons. The van der Waals surface area contributed by atoms with E-state index in [2.05, 4.69) is 15.9 Å². The highest BCUT2D eigenvalue weighted by Gasteiger charge is 2.02. The van der Waals surface area contributed by atoms with E-state index < -0.39 is 0 Å². The van der Waals surface area contributed by atoms with E-state index in [0.717, 1.165) is 15.5 Å². The average Bonchev–Trinajstić information content (AvgIpc) is 2.27. The maximum atomic E-state index is 13.3. The van der Waals surface area contributed by atoms with Gasteiger partial charge in [0.25, 0.3) is 0 Å². The van der Waals surface area contributed by atoms with Crippen molar-refractivity contribution in [2.24, 2.45) is 0 Å². The third-order valence-corrected chi connectivity index (χ3v) is 3.65. The summed E-state index contributed by atoms with van der Waals surface area (Å²) in [5.41, 5.74) is 6.32. The van der Waals surface area contributed by atoms with E-state index in [0.29, 0.717) is 4.47 Å². The van der Waals surface area contributed by atoms with Gasteiger partial charge >= 0.3 is 0 Å². The van der Waals surface area contributed by atoms with Crippen LogP contribution in [-0.2, 0) is 0 Å². The highest BCUT2D eigenvalue weighted by atomic mass is 79.9. The van der Waals surface area contributed by atoms with Crippen LogP contribution in [0.15, 0.2) is 56.7 Å². The van der Waals surface area contributed by atoms with E-state index in [1.807, 2.05) is 30.3 Å². The zero-order valence-electron chi connectivity index (χ0n) is 8.28. The molecule has 82 valence electrons. The van der Waals surface area contributed by atoms with E-state index in [9.17, 15) is 4.39 Å². The molecule has 0 heterocycles. The normalized spacial score (nSPS) is 10.4. The molecular formula is C12H9BrFNS. The van der Waals surface area contributed by atoms with Gasteiger partial charge in [0.15, 0.2) is 0 Å². The van der Waals surface area contributed by atoms with Crippen molar-refractivity contribution in [3.63, 3.8) is 0 Å². The SMILES string of the molecule is Nc1ccc(Sc2ccc(Br)c(F)c2)cc1. The second kappa shape index (κ2) is 4.89. The van der Waals surface area contributed by atoms with Gasteiger partial charge in [0, 0.05) is 15.5 Å². The monoisotopic (exact) mass is 297 g/mol. The van der Waals surface area contributed by atoms with Crippen LogP contribution in [0, 0.1) is 5.82 Å².